The molecule has 4 aliphatic rings. The molecule has 3 amide bonds. The van der Waals surface area contributed by atoms with Gasteiger partial charge in [-0.25, -0.2) is 0 Å². The summed E-state index contributed by atoms with van der Waals surface area (Å²) in [6.45, 7) is 12.2. The van der Waals surface area contributed by atoms with Gasteiger partial charge in [-0.3, -0.25) is 24.1 Å². The SMILES string of the molecule is C=CCCC(=O)NC[C@@H](OC(=O)[C@H]1[C@@H]2O[C@@]3(CC2Br)[C@@H]1C(=O)N(CCCCCO)[C@@H]3C(=O)N(CC=C)CCN1CCOCC1)c1ccccc1. The van der Waals surface area contributed by atoms with E-state index in [9.17, 15) is 24.3 Å². The van der Waals surface area contributed by atoms with Gasteiger partial charge in [-0.1, -0.05) is 58.4 Å². The third kappa shape index (κ3) is 8.33. The van der Waals surface area contributed by atoms with E-state index in [4.69, 9.17) is 14.2 Å². The van der Waals surface area contributed by atoms with E-state index in [2.05, 4.69) is 39.3 Å². The van der Waals surface area contributed by atoms with Gasteiger partial charge in [0.1, 0.15) is 17.7 Å². The number of aliphatic hydroxyl groups is 1. The van der Waals surface area contributed by atoms with E-state index >= 15 is 0 Å². The quantitative estimate of drug-likeness (QED) is 0.0945. The Morgan fingerprint density at radius 1 is 1.12 bits per heavy atom. The van der Waals surface area contributed by atoms with Crippen molar-refractivity contribution in [2.24, 2.45) is 11.8 Å². The molecule has 4 heterocycles. The van der Waals surface area contributed by atoms with Crippen LogP contribution in [0.2, 0.25) is 0 Å². The highest BCUT2D eigenvalue weighted by Gasteiger charge is 2.77. The number of carbonyl (C=O) groups is 4. The topological polar surface area (TPSA) is 138 Å². The highest BCUT2D eigenvalue weighted by Crippen LogP contribution is 2.60. The van der Waals surface area contributed by atoms with Crippen LogP contribution in [0.5, 0.6) is 0 Å². The smallest absolute Gasteiger partial charge is 0.313 e. The summed E-state index contributed by atoms with van der Waals surface area (Å²) < 4.78 is 18.4. The molecule has 4 aliphatic heterocycles. The maximum atomic E-state index is 14.7. The second-order valence-electron chi connectivity index (χ2n) is 13.5. The molecular formula is C37H51BrN4O8. The summed E-state index contributed by atoms with van der Waals surface area (Å²) in [6.07, 6.45) is 4.91. The van der Waals surface area contributed by atoms with Crippen molar-refractivity contribution < 1.29 is 38.5 Å². The Hall–Kier alpha value is -3.10. The van der Waals surface area contributed by atoms with Crippen LogP contribution in [0.1, 0.15) is 50.2 Å². The molecule has 0 saturated carbocycles. The summed E-state index contributed by atoms with van der Waals surface area (Å²) in [5.41, 5.74) is -0.525. The van der Waals surface area contributed by atoms with Gasteiger partial charge in [-0.05, 0) is 37.7 Å². The first-order valence-corrected chi connectivity index (χ1v) is 18.7. The number of morpholine rings is 1. The summed E-state index contributed by atoms with van der Waals surface area (Å²) in [6, 6.07) is 8.24. The van der Waals surface area contributed by atoms with Gasteiger partial charge in [-0.15, -0.1) is 13.2 Å². The number of allylic oxidation sites excluding steroid dienone is 1. The summed E-state index contributed by atoms with van der Waals surface area (Å²) in [4.78, 5) is 61.3. The number of unbranched alkanes of at least 4 members (excludes halogenated alkanes) is 2. The van der Waals surface area contributed by atoms with E-state index in [1.807, 2.05) is 30.3 Å². The van der Waals surface area contributed by atoms with Crippen LogP contribution >= 0.6 is 15.9 Å². The third-order valence-corrected chi connectivity index (χ3v) is 11.1. The van der Waals surface area contributed by atoms with Crippen molar-refractivity contribution in [3.8, 4) is 0 Å². The summed E-state index contributed by atoms with van der Waals surface area (Å²) in [5, 5.41) is 12.2. The zero-order chi connectivity index (χ0) is 35.7. The van der Waals surface area contributed by atoms with E-state index in [-0.39, 0.29) is 42.1 Å². The fraction of sp³-hybridized carbons (Fsp3) is 0.622. The van der Waals surface area contributed by atoms with Gasteiger partial charge in [0.2, 0.25) is 17.7 Å². The average molecular weight is 760 g/mol. The summed E-state index contributed by atoms with van der Waals surface area (Å²) in [5.74, 6) is -3.18. The summed E-state index contributed by atoms with van der Waals surface area (Å²) in [7, 11) is 0. The Balaban J connectivity index is 1.41. The number of hydrogen-bond acceptors (Lipinski definition) is 9. The standard InChI is InChI=1S/C37H51BrN4O8/c1-3-5-14-29(44)39-25-28(26-12-8-6-9-13-26)49-36(47)30-31-34(45)42(16-10-7-11-21-43)33(37(31)24-27(38)32(30)50-37)35(46)41(15-4-2)18-17-40-19-22-48-23-20-40/h3-4,6,8-9,12-13,27-28,30-33,43H,1-2,5,7,10-11,14-25H2,(H,39,44)/t27?,28-,30-,31+,32-,33-,37+/m1/s1. The molecule has 2 bridgehead atoms. The number of fused-ring (bicyclic) bond motifs is 1. The molecule has 1 aromatic rings. The number of aliphatic hydroxyl groups excluding tert-OH is 1. The number of benzene rings is 1. The Bertz CT molecular complexity index is 1360. The first-order valence-electron chi connectivity index (χ1n) is 17.8. The third-order valence-electron chi connectivity index (χ3n) is 10.3. The number of hydrogen-bond donors (Lipinski definition) is 2. The predicted molar refractivity (Wildman–Crippen MR) is 190 cm³/mol. The highest BCUT2D eigenvalue weighted by molar-refractivity contribution is 9.09. The van der Waals surface area contributed by atoms with E-state index in [1.54, 1.807) is 22.0 Å². The van der Waals surface area contributed by atoms with Crippen LogP contribution in [0.15, 0.2) is 55.6 Å². The van der Waals surface area contributed by atoms with Crippen LogP contribution in [0.3, 0.4) is 0 Å². The number of carbonyl (C=O) groups excluding carboxylic acids is 4. The van der Waals surface area contributed by atoms with Crippen molar-refractivity contribution in [1.29, 1.82) is 0 Å². The fourth-order valence-corrected chi connectivity index (χ4v) is 8.78. The molecule has 0 radical (unpaired) electrons. The summed E-state index contributed by atoms with van der Waals surface area (Å²) >= 11 is 3.75. The number of amides is 3. The number of alkyl halides is 1. The number of nitrogens with zero attached hydrogens (tertiary/aromatic N) is 3. The van der Waals surface area contributed by atoms with Crippen molar-refractivity contribution in [2.75, 3.05) is 65.6 Å². The fourth-order valence-electron chi connectivity index (χ4n) is 7.84. The lowest BCUT2D eigenvalue weighted by molar-refractivity contribution is -0.160. The molecule has 5 rings (SSSR count). The number of likely N-dealkylation sites (tertiary alicyclic amines) is 1. The molecule has 1 unspecified atom stereocenters. The first-order chi connectivity index (χ1) is 24.2. The van der Waals surface area contributed by atoms with Crippen molar-refractivity contribution in [3.63, 3.8) is 0 Å². The zero-order valence-electron chi connectivity index (χ0n) is 28.8. The normalized spacial score (nSPS) is 27.8. The van der Waals surface area contributed by atoms with Crippen molar-refractivity contribution in [1.82, 2.24) is 20.0 Å². The minimum Gasteiger partial charge on any atom is -0.455 e. The molecule has 0 aromatic heterocycles. The number of esters is 1. The van der Waals surface area contributed by atoms with Crippen molar-refractivity contribution in [2.45, 2.75) is 67.2 Å². The van der Waals surface area contributed by atoms with Crippen LogP contribution in [0.4, 0.5) is 0 Å². The van der Waals surface area contributed by atoms with E-state index in [0.717, 1.165) is 13.1 Å². The van der Waals surface area contributed by atoms with Gasteiger partial charge in [-0.2, -0.15) is 0 Å². The van der Waals surface area contributed by atoms with Gasteiger partial charge in [0.15, 0.2) is 0 Å². The Morgan fingerprint density at radius 2 is 1.88 bits per heavy atom. The molecule has 274 valence electrons. The molecule has 4 fully saturated rings. The maximum absolute atomic E-state index is 14.7. The Morgan fingerprint density at radius 3 is 2.58 bits per heavy atom. The van der Waals surface area contributed by atoms with Gasteiger partial charge < -0.3 is 34.4 Å². The van der Waals surface area contributed by atoms with Gasteiger partial charge in [0, 0.05) is 57.1 Å². The van der Waals surface area contributed by atoms with Gasteiger partial charge in [0.25, 0.3) is 0 Å². The molecule has 12 nitrogen and oxygen atoms in total. The molecule has 1 spiro atoms. The van der Waals surface area contributed by atoms with E-state index in [0.29, 0.717) is 77.1 Å². The minimum absolute atomic E-state index is 0.0405. The van der Waals surface area contributed by atoms with E-state index < -0.39 is 41.7 Å². The second kappa shape index (κ2) is 17.9. The minimum atomic E-state index is -1.23. The van der Waals surface area contributed by atoms with Crippen LogP contribution in [-0.2, 0) is 33.4 Å². The molecule has 13 heteroatoms. The Labute approximate surface area is 303 Å². The van der Waals surface area contributed by atoms with Crippen LogP contribution in [0.25, 0.3) is 0 Å². The van der Waals surface area contributed by atoms with Crippen LogP contribution < -0.4 is 5.32 Å². The number of ether oxygens (including phenoxy) is 3. The largest absolute Gasteiger partial charge is 0.455 e. The predicted octanol–water partition coefficient (Wildman–Crippen LogP) is 2.61. The lowest BCUT2D eigenvalue weighted by Crippen LogP contribution is -2.57. The van der Waals surface area contributed by atoms with Crippen LogP contribution in [-0.4, -0.2) is 132 Å². The monoisotopic (exact) mass is 758 g/mol. The molecule has 0 aliphatic carbocycles. The highest BCUT2D eigenvalue weighted by atomic mass is 79.9. The average Bonchev–Trinajstić information content (AvgIpc) is 3.72. The van der Waals surface area contributed by atoms with Crippen LogP contribution in [0, 0.1) is 11.8 Å². The second-order valence-corrected chi connectivity index (χ2v) is 14.7. The first kappa shape index (κ1) is 38.1. The molecule has 2 N–H and O–H groups in total. The van der Waals surface area contributed by atoms with Crippen molar-refractivity contribution in [3.05, 3.63) is 61.2 Å². The molecule has 7 atom stereocenters. The Kier molecular flexibility index (Phi) is 13.7. The number of nitrogens with one attached hydrogen (secondary N) is 1. The molecule has 1 aromatic carbocycles. The van der Waals surface area contributed by atoms with E-state index in [1.165, 1.54) is 0 Å². The number of rotatable bonds is 19. The lowest BCUT2D eigenvalue weighted by Gasteiger charge is -2.38. The van der Waals surface area contributed by atoms with Gasteiger partial charge >= 0.3 is 5.97 Å². The van der Waals surface area contributed by atoms with Gasteiger partial charge in [0.05, 0.1) is 37.7 Å². The number of halogens is 1. The lowest BCUT2D eigenvalue weighted by atomic mass is 9.70. The molecule has 50 heavy (non-hydrogen) atoms. The maximum Gasteiger partial charge on any atom is 0.313 e. The van der Waals surface area contributed by atoms with Crippen molar-refractivity contribution >= 4 is 39.6 Å². The molecular weight excluding hydrogens is 708 g/mol. The zero-order valence-corrected chi connectivity index (χ0v) is 30.3. The molecule has 4 saturated heterocycles.